The Morgan fingerprint density at radius 3 is 1.87 bits per heavy atom. The van der Waals surface area contributed by atoms with Crippen LogP contribution in [0.5, 0.6) is 0 Å². The summed E-state index contributed by atoms with van der Waals surface area (Å²) in [7, 11) is 0. The molecular formula is C18H31N5O8. The number of aliphatic carboxylic acids is 2. The van der Waals surface area contributed by atoms with Gasteiger partial charge in [0.1, 0.15) is 18.1 Å². The van der Waals surface area contributed by atoms with E-state index in [2.05, 4.69) is 10.6 Å². The number of rotatable bonds is 14. The van der Waals surface area contributed by atoms with E-state index in [-0.39, 0.29) is 18.8 Å². The first-order valence-corrected chi connectivity index (χ1v) is 9.69. The largest absolute Gasteiger partial charge is 0.481 e. The molecule has 0 aliphatic heterocycles. The summed E-state index contributed by atoms with van der Waals surface area (Å²) in [5, 5.41) is 24.4. The maximum Gasteiger partial charge on any atom is 0.326 e. The molecule has 0 saturated heterocycles. The number of amides is 4. The molecule has 31 heavy (non-hydrogen) atoms. The van der Waals surface area contributed by atoms with Crippen molar-refractivity contribution in [2.24, 2.45) is 17.4 Å². The van der Waals surface area contributed by atoms with Gasteiger partial charge >= 0.3 is 11.9 Å². The van der Waals surface area contributed by atoms with Crippen LogP contribution in [0.25, 0.3) is 0 Å². The van der Waals surface area contributed by atoms with Crippen molar-refractivity contribution in [1.29, 1.82) is 0 Å². The molecule has 0 aromatic carbocycles. The molecule has 0 saturated carbocycles. The lowest BCUT2D eigenvalue weighted by Gasteiger charge is -2.24. The predicted molar refractivity (Wildman–Crippen MR) is 107 cm³/mol. The van der Waals surface area contributed by atoms with Gasteiger partial charge in [0.15, 0.2) is 0 Å². The van der Waals surface area contributed by atoms with Gasteiger partial charge in [-0.1, -0.05) is 20.3 Å². The summed E-state index contributed by atoms with van der Waals surface area (Å²) in [5.41, 5.74) is 10.9. The van der Waals surface area contributed by atoms with Crippen molar-refractivity contribution in [2.45, 2.75) is 70.6 Å². The fourth-order valence-electron chi connectivity index (χ4n) is 2.39. The normalized spacial score (nSPS) is 15.5. The fourth-order valence-corrected chi connectivity index (χ4v) is 2.39. The summed E-state index contributed by atoms with van der Waals surface area (Å²) in [6.45, 7) is 4.83. The van der Waals surface area contributed by atoms with Crippen molar-refractivity contribution >= 4 is 35.6 Å². The number of carbonyl (C=O) groups excluding carboxylic acids is 4. The molecule has 176 valence electrons. The van der Waals surface area contributed by atoms with Gasteiger partial charge in [-0.25, -0.2) is 4.79 Å². The van der Waals surface area contributed by atoms with Crippen LogP contribution in [0.4, 0.5) is 0 Å². The molecule has 0 aliphatic rings. The molecule has 13 nitrogen and oxygen atoms in total. The SMILES string of the molecule is CCC(C)C(N)C(=O)NC(CCC(N)=O)C(=O)NC(C)C(=O)NC(CC(=O)O)C(=O)O. The number of hydrogen-bond donors (Lipinski definition) is 7. The van der Waals surface area contributed by atoms with Crippen molar-refractivity contribution < 1.29 is 39.0 Å². The molecule has 0 rings (SSSR count). The Kier molecular flexibility index (Phi) is 11.8. The van der Waals surface area contributed by atoms with Crippen LogP contribution in [-0.2, 0) is 28.8 Å². The number of nitrogens with one attached hydrogen (secondary N) is 3. The Hall–Kier alpha value is -3.22. The zero-order chi connectivity index (χ0) is 24.3. The third-order valence-electron chi connectivity index (χ3n) is 4.62. The van der Waals surface area contributed by atoms with E-state index >= 15 is 0 Å². The van der Waals surface area contributed by atoms with Crippen molar-refractivity contribution in [3.05, 3.63) is 0 Å². The summed E-state index contributed by atoms with van der Waals surface area (Å²) in [4.78, 5) is 69.9. The van der Waals surface area contributed by atoms with E-state index < -0.39 is 66.2 Å². The van der Waals surface area contributed by atoms with Crippen LogP contribution < -0.4 is 27.4 Å². The van der Waals surface area contributed by atoms with Gasteiger partial charge in [-0.05, 0) is 19.3 Å². The quantitative estimate of drug-likeness (QED) is 0.151. The minimum atomic E-state index is -1.69. The number of carbonyl (C=O) groups is 6. The molecular weight excluding hydrogens is 414 g/mol. The zero-order valence-corrected chi connectivity index (χ0v) is 17.7. The first kappa shape index (κ1) is 27.8. The highest BCUT2D eigenvalue weighted by molar-refractivity contribution is 5.94. The van der Waals surface area contributed by atoms with Crippen LogP contribution >= 0.6 is 0 Å². The smallest absolute Gasteiger partial charge is 0.326 e. The van der Waals surface area contributed by atoms with Crippen molar-refractivity contribution in [3.8, 4) is 0 Å². The van der Waals surface area contributed by atoms with Crippen molar-refractivity contribution in [2.75, 3.05) is 0 Å². The molecule has 0 radical (unpaired) electrons. The topological polar surface area (TPSA) is 231 Å². The van der Waals surface area contributed by atoms with Crippen LogP contribution in [0.3, 0.4) is 0 Å². The molecule has 4 amide bonds. The summed E-state index contributed by atoms with van der Waals surface area (Å²) >= 11 is 0. The minimum Gasteiger partial charge on any atom is -0.481 e. The van der Waals surface area contributed by atoms with E-state index in [1.807, 2.05) is 12.2 Å². The highest BCUT2D eigenvalue weighted by atomic mass is 16.4. The van der Waals surface area contributed by atoms with Gasteiger partial charge in [0.2, 0.25) is 23.6 Å². The molecule has 9 N–H and O–H groups in total. The zero-order valence-electron chi connectivity index (χ0n) is 17.7. The Morgan fingerprint density at radius 2 is 1.42 bits per heavy atom. The predicted octanol–water partition coefficient (Wildman–Crippen LogP) is -2.34. The molecule has 0 bridgehead atoms. The second-order valence-corrected chi connectivity index (χ2v) is 7.21. The molecule has 0 aliphatic carbocycles. The van der Waals surface area contributed by atoms with Gasteiger partial charge in [-0.3, -0.25) is 24.0 Å². The van der Waals surface area contributed by atoms with E-state index in [4.69, 9.17) is 21.7 Å². The van der Waals surface area contributed by atoms with Gasteiger partial charge in [0.05, 0.1) is 12.5 Å². The molecule has 5 unspecified atom stereocenters. The van der Waals surface area contributed by atoms with Crippen LogP contribution in [0.2, 0.25) is 0 Å². The van der Waals surface area contributed by atoms with Crippen molar-refractivity contribution in [1.82, 2.24) is 16.0 Å². The summed E-state index contributed by atoms with van der Waals surface area (Å²) < 4.78 is 0. The Morgan fingerprint density at radius 1 is 0.871 bits per heavy atom. The first-order chi connectivity index (χ1) is 14.3. The van der Waals surface area contributed by atoms with Crippen LogP contribution in [0.15, 0.2) is 0 Å². The average Bonchev–Trinajstić information content (AvgIpc) is 2.68. The maximum atomic E-state index is 12.6. The Labute approximate surface area is 179 Å². The first-order valence-electron chi connectivity index (χ1n) is 9.69. The monoisotopic (exact) mass is 445 g/mol. The van der Waals surface area contributed by atoms with Crippen LogP contribution in [0, 0.1) is 5.92 Å². The Bertz CT molecular complexity index is 698. The molecule has 0 aromatic rings. The third kappa shape index (κ3) is 10.4. The van der Waals surface area contributed by atoms with Gasteiger partial charge in [0, 0.05) is 6.42 Å². The van der Waals surface area contributed by atoms with E-state index in [9.17, 15) is 28.8 Å². The summed E-state index contributed by atoms with van der Waals surface area (Å²) in [5.74, 6) is -6.26. The molecule has 0 heterocycles. The molecule has 0 fully saturated rings. The van der Waals surface area contributed by atoms with Gasteiger partial charge < -0.3 is 37.6 Å². The number of hydrogen-bond acceptors (Lipinski definition) is 7. The average molecular weight is 445 g/mol. The van der Waals surface area contributed by atoms with Gasteiger partial charge in [-0.2, -0.15) is 0 Å². The lowest BCUT2D eigenvalue weighted by Crippen LogP contribution is -2.57. The lowest BCUT2D eigenvalue weighted by molar-refractivity contribution is -0.147. The maximum absolute atomic E-state index is 12.6. The highest BCUT2D eigenvalue weighted by Gasteiger charge is 2.30. The van der Waals surface area contributed by atoms with Crippen molar-refractivity contribution in [3.63, 3.8) is 0 Å². The van der Waals surface area contributed by atoms with Crippen LogP contribution in [0.1, 0.15) is 46.5 Å². The molecule has 5 atom stereocenters. The van der Waals surface area contributed by atoms with E-state index in [0.717, 1.165) is 0 Å². The minimum absolute atomic E-state index is 0.148. The second-order valence-electron chi connectivity index (χ2n) is 7.21. The third-order valence-corrected chi connectivity index (χ3v) is 4.62. The molecule has 13 heteroatoms. The standard InChI is InChI=1S/C18H31N5O8/c1-4-8(2)14(20)17(29)22-10(5-6-12(19)24)16(28)21-9(3)15(27)23-11(18(30)31)7-13(25)26/h8-11,14H,4-7,20H2,1-3H3,(H2,19,24)(H,21,28)(H,22,29)(H,23,27)(H,25,26)(H,30,31). The number of carboxylic acid groups (broad SMARTS) is 2. The number of nitrogens with two attached hydrogens (primary N) is 2. The Balaban J connectivity index is 5.19. The molecule has 0 aromatic heterocycles. The number of primary amides is 1. The van der Waals surface area contributed by atoms with Gasteiger partial charge in [-0.15, -0.1) is 0 Å². The van der Waals surface area contributed by atoms with E-state index in [0.29, 0.717) is 6.42 Å². The van der Waals surface area contributed by atoms with E-state index in [1.54, 1.807) is 6.92 Å². The van der Waals surface area contributed by atoms with Gasteiger partial charge in [0.25, 0.3) is 0 Å². The molecule has 0 spiro atoms. The lowest BCUT2D eigenvalue weighted by atomic mass is 9.98. The summed E-state index contributed by atoms with van der Waals surface area (Å²) in [6.07, 6.45) is -0.611. The van der Waals surface area contributed by atoms with Crippen LogP contribution in [-0.4, -0.2) is 69.9 Å². The second kappa shape index (κ2) is 13.2. The van der Waals surface area contributed by atoms with E-state index in [1.165, 1.54) is 6.92 Å². The fraction of sp³-hybridized carbons (Fsp3) is 0.667. The number of carboxylic acids is 2. The summed E-state index contributed by atoms with van der Waals surface area (Å²) in [6, 6.07) is -5.08. The highest BCUT2D eigenvalue weighted by Crippen LogP contribution is 2.07.